The standard InChI is InChI=1S/C33H40AsN5O4/c1-33(2,3)25-8-10-26(11-9-25)39-30(22-28(37-39)24-14-17-36-18-15-24)34-16-4-5-31(42)38(19-20-40)29(32(35)43)21-23-6-12-27(41)13-7-23/h6-15,17-18,22,29,34,40-41H,4-5,16,19-21H2,1-3H3,(H2,35,43)/t29-/m0/s1. The Bertz CT molecular complexity index is 1500. The molecule has 2 aromatic heterocycles. The molecular formula is C33H40AsN5O4. The number of primary amides is 1. The maximum absolute atomic E-state index is 13.3. The van der Waals surface area contributed by atoms with Gasteiger partial charge in [-0.05, 0) is 0 Å². The van der Waals surface area contributed by atoms with E-state index >= 15 is 0 Å². The number of aromatic nitrogens is 3. The molecule has 4 rings (SSSR count). The molecule has 1 unspecified atom stereocenters. The second-order valence-corrected chi connectivity index (χ2v) is 14.4. The number of aliphatic hydroxyl groups excluding tert-OH is 1. The van der Waals surface area contributed by atoms with E-state index in [0.29, 0.717) is 6.42 Å². The van der Waals surface area contributed by atoms with Crippen molar-refractivity contribution in [2.75, 3.05) is 13.2 Å². The number of nitrogens with two attached hydrogens (primary N) is 1. The van der Waals surface area contributed by atoms with E-state index in [1.54, 1.807) is 24.5 Å². The van der Waals surface area contributed by atoms with Crippen molar-refractivity contribution in [1.82, 2.24) is 19.7 Å². The second kappa shape index (κ2) is 14.5. The third-order valence-electron chi connectivity index (χ3n) is 7.27. The SMILES string of the molecule is CC(C)(C)c1ccc(-n2nc(-c3ccncc3)cc2[AsH]CCCC(=O)N(CCO)[C@@H](Cc2ccc(O)cc2)C(N)=O)cc1. The molecule has 0 aliphatic carbocycles. The Balaban J connectivity index is 1.46. The van der Waals surface area contributed by atoms with Gasteiger partial charge in [0.1, 0.15) is 0 Å². The molecule has 43 heavy (non-hydrogen) atoms. The van der Waals surface area contributed by atoms with Crippen molar-refractivity contribution in [3.05, 3.63) is 90.3 Å². The van der Waals surface area contributed by atoms with Crippen molar-refractivity contribution in [1.29, 1.82) is 0 Å². The van der Waals surface area contributed by atoms with Crippen LogP contribution < -0.4 is 10.2 Å². The van der Waals surface area contributed by atoms with Crippen LogP contribution in [0.5, 0.6) is 5.75 Å². The summed E-state index contributed by atoms with van der Waals surface area (Å²) in [5.41, 5.74) is 10.6. The van der Waals surface area contributed by atoms with Crippen molar-refractivity contribution >= 4 is 32.0 Å². The van der Waals surface area contributed by atoms with E-state index < -0.39 is 27.7 Å². The van der Waals surface area contributed by atoms with Crippen LogP contribution in [-0.2, 0) is 21.4 Å². The van der Waals surface area contributed by atoms with Gasteiger partial charge in [-0.3, -0.25) is 0 Å². The fourth-order valence-corrected chi connectivity index (χ4v) is 7.32. The van der Waals surface area contributed by atoms with E-state index in [1.807, 2.05) is 16.8 Å². The number of amides is 2. The van der Waals surface area contributed by atoms with Crippen LogP contribution in [0, 0.1) is 0 Å². The Morgan fingerprint density at radius 3 is 2.30 bits per heavy atom. The van der Waals surface area contributed by atoms with Gasteiger partial charge in [0, 0.05) is 0 Å². The van der Waals surface area contributed by atoms with Crippen LogP contribution in [0.3, 0.4) is 0 Å². The number of carbonyl (C=O) groups is 2. The third-order valence-corrected chi connectivity index (χ3v) is 10.0. The molecule has 0 bridgehead atoms. The fraction of sp³-hybridized carbons (Fsp3) is 0.333. The van der Waals surface area contributed by atoms with E-state index in [1.165, 1.54) is 22.6 Å². The number of hydrogen-bond donors (Lipinski definition) is 3. The summed E-state index contributed by atoms with van der Waals surface area (Å²) in [6.07, 6.45) is 4.61. The predicted octanol–water partition coefficient (Wildman–Crippen LogP) is 3.12. The van der Waals surface area contributed by atoms with E-state index in [-0.39, 0.29) is 43.1 Å². The number of carbonyl (C=O) groups excluding carboxylic acids is 2. The summed E-state index contributed by atoms with van der Waals surface area (Å²) in [6, 6.07) is 20.1. The van der Waals surface area contributed by atoms with Gasteiger partial charge in [0.15, 0.2) is 0 Å². The summed E-state index contributed by atoms with van der Waals surface area (Å²) in [4.78, 5) is 31.2. The Morgan fingerprint density at radius 1 is 1.02 bits per heavy atom. The van der Waals surface area contributed by atoms with Gasteiger partial charge in [-0.2, -0.15) is 0 Å². The van der Waals surface area contributed by atoms with Gasteiger partial charge in [0.2, 0.25) is 0 Å². The number of phenolic OH excluding ortho intramolecular Hbond substituents is 1. The normalized spacial score (nSPS) is 12.5. The molecule has 2 heterocycles. The van der Waals surface area contributed by atoms with Gasteiger partial charge >= 0.3 is 260 Å². The molecule has 4 aromatic rings. The van der Waals surface area contributed by atoms with E-state index in [0.717, 1.165) is 32.2 Å². The number of rotatable bonds is 13. The van der Waals surface area contributed by atoms with Crippen molar-refractivity contribution in [3.8, 4) is 22.7 Å². The number of hydrogen-bond acceptors (Lipinski definition) is 6. The molecule has 0 radical (unpaired) electrons. The fourth-order valence-electron chi connectivity index (χ4n) is 4.85. The van der Waals surface area contributed by atoms with Crippen LogP contribution in [0.4, 0.5) is 0 Å². The molecule has 0 aliphatic heterocycles. The minimum atomic E-state index is -0.888. The first-order valence-corrected chi connectivity index (χ1v) is 16.9. The molecule has 0 fully saturated rings. The van der Waals surface area contributed by atoms with Crippen molar-refractivity contribution in [2.45, 2.75) is 56.7 Å². The van der Waals surface area contributed by atoms with Crippen LogP contribution in [0.25, 0.3) is 16.9 Å². The molecule has 0 spiro atoms. The van der Waals surface area contributed by atoms with Gasteiger partial charge in [-0.25, -0.2) is 0 Å². The number of pyridine rings is 1. The molecule has 0 saturated heterocycles. The summed E-state index contributed by atoms with van der Waals surface area (Å²) in [5.74, 6) is -0.733. The molecule has 0 saturated carbocycles. The van der Waals surface area contributed by atoms with Gasteiger partial charge in [0.05, 0.1) is 0 Å². The number of aliphatic hydroxyl groups is 1. The molecular weight excluding hydrogens is 605 g/mol. The summed E-state index contributed by atoms with van der Waals surface area (Å²) >= 11 is -0.669. The van der Waals surface area contributed by atoms with E-state index in [9.17, 15) is 19.8 Å². The maximum atomic E-state index is 13.3. The Morgan fingerprint density at radius 2 is 1.70 bits per heavy atom. The topological polar surface area (TPSA) is 135 Å². The third kappa shape index (κ3) is 8.55. The number of benzene rings is 2. The van der Waals surface area contributed by atoms with Crippen LogP contribution in [0.1, 0.15) is 44.7 Å². The molecule has 226 valence electrons. The number of nitrogens with zero attached hydrogens (tertiary/aromatic N) is 4. The van der Waals surface area contributed by atoms with Crippen LogP contribution in [-0.4, -0.2) is 76.6 Å². The predicted molar refractivity (Wildman–Crippen MR) is 170 cm³/mol. The summed E-state index contributed by atoms with van der Waals surface area (Å²) in [5, 5.41) is 25.0. The summed E-state index contributed by atoms with van der Waals surface area (Å²) < 4.78 is 3.17. The monoisotopic (exact) mass is 645 g/mol. The van der Waals surface area contributed by atoms with Gasteiger partial charge in [-0.15, -0.1) is 0 Å². The molecule has 2 amide bonds. The van der Waals surface area contributed by atoms with Crippen molar-refractivity contribution in [2.24, 2.45) is 5.73 Å². The molecule has 0 aliphatic rings. The summed E-state index contributed by atoms with van der Waals surface area (Å²) in [7, 11) is 0. The molecule has 10 heteroatoms. The Hall–Kier alpha value is -3.94. The van der Waals surface area contributed by atoms with Crippen LogP contribution in [0.15, 0.2) is 79.1 Å². The van der Waals surface area contributed by atoms with Crippen molar-refractivity contribution in [3.63, 3.8) is 0 Å². The zero-order chi connectivity index (χ0) is 31.0. The molecule has 2 aromatic carbocycles. The average molecular weight is 646 g/mol. The van der Waals surface area contributed by atoms with E-state index in [2.05, 4.69) is 56.1 Å². The zero-order valence-corrected chi connectivity index (χ0v) is 27.0. The molecule has 9 nitrogen and oxygen atoms in total. The second-order valence-electron chi connectivity index (χ2n) is 11.5. The zero-order valence-electron chi connectivity index (χ0n) is 24.9. The van der Waals surface area contributed by atoms with Crippen LogP contribution in [0.2, 0.25) is 5.21 Å². The number of phenols is 1. The minimum absolute atomic E-state index is 0.0213. The Labute approximate surface area is 259 Å². The van der Waals surface area contributed by atoms with Crippen molar-refractivity contribution < 1.29 is 19.8 Å². The van der Waals surface area contributed by atoms with Gasteiger partial charge in [-0.1, -0.05) is 0 Å². The van der Waals surface area contributed by atoms with Gasteiger partial charge in [0.25, 0.3) is 0 Å². The average Bonchev–Trinajstić information content (AvgIpc) is 3.42. The van der Waals surface area contributed by atoms with Crippen LogP contribution >= 0.6 is 0 Å². The molecule has 4 N–H and O–H groups in total. The number of aromatic hydroxyl groups is 1. The quantitative estimate of drug-likeness (QED) is 0.151. The van der Waals surface area contributed by atoms with Gasteiger partial charge < -0.3 is 0 Å². The summed E-state index contributed by atoms with van der Waals surface area (Å²) in [6.45, 7) is 6.32. The molecule has 2 atom stereocenters. The van der Waals surface area contributed by atoms with E-state index in [4.69, 9.17) is 10.8 Å². The Kier molecular flexibility index (Phi) is 10.8. The first-order valence-electron chi connectivity index (χ1n) is 14.4. The first-order chi connectivity index (χ1) is 20.6. The first kappa shape index (κ1) is 32.0.